The fraction of sp³-hybridized carbons (Fsp3) is 0.571. The monoisotopic (exact) mass is 1110 g/mol. The van der Waals surface area contributed by atoms with Crippen LogP contribution < -0.4 is 5.48 Å². The molecule has 0 aliphatic carbocycles. The molecule has 0 spiro atoms. The van der Waals surface area contributed by atoms with Crippen LogP contribution in [0.4, 0.5) is 0 Å². The van der Waals surface area contributed by atoms with Crippen molar-refractivity contribution in [3.05, 3.63) is 154 Å². The van der Waals surface area contributed by atoms with Gasteiger partial charge in [-0.3, -0.25) is 4.84 Å². The predicted octanol–water partition coefficient (Wildman–Crippen LogP) is 8.95. The Labute approximate surface area is 458 Å². The summed E-state index contributed by atoms with van der Waals surface area (Å²) in [5, 5.41) is 4.16. The molecule has 416 valence electrons. The SMILES string of the molecule is CC1C(OC23COC[C@]2(COCc2ccccc2)O[C@@H](c2ccccc2)O3)[C@@H](OCc2ccccc2)CO[C@H]1O[C@H]1C(C)O[C@@H](OC2C(C)[C@@H](N=[N+]=[N-])C(COCc3ccccc3)O[C@H]2ONC(Cl)Cl)C2OC(C)(C)OC21. The van der Waals surface area contributed by atoms with E-state index in [4.69, 9.17) is 94.4 Å². The van der Waals surface area contributed by atoms with Crippen LogP contribution in [0, 0.1) is 11.8 Å². The van der Waals surface area contributed by atoms with E-state index in [1.807, 2.05) is 156 Å². The van der Waals surface area contributed by atoms with Crippen molar-refractivity contribution in [2.24, 2.45) is 17.0 Å². The summed E-state index contributed by atoms with van der Waals surface area (Å²) >= 11 is 12.2. The van der Waals surface area contributed by atoms with Gasteiger partial charge in [0, 0.05) is 16.4 Å². The van der Waals surface area contributed by atoms with E-state index in [9.17, 15) is 5.53 Å². The molecule has 10 rings (SSSR count). The number of hydrogen-bond acceptors (Lipinski definition) is 17. The van der Waals surface area contributed by atoms with Crippen molar-refractivity contribution in [3.63, 3.8) is 0 Å². The summed E-state index contributed by atoms with van der Waals surface area (Å²) in [5.41, 5.74) is 14.9. The van der Waals surface area contributed by atoms with Crippen LogP contribution in [0.3, 0.4) is 0 Å². The van der Waals surface area contributed by atoms with Gasteiger partial charge >= 0.3 is 0 Å². The van der Waals surface area contributed by atoms with Crippen LogP contribution >= 0.6 is 23.2 Å². The zero-order chi connectivity index (χ0) is 53.6. The molecule has 77 heavy (non-hydrogen) atoms. The molecular formula is C56H68Cl2N4O15. The van der Waals surface area contributed by atoms with Gasteiger partial charge in [-0.25, -0.2) is 0 Å². The van der Waals surface area contributed by atoms with Crippen molar-refractivity contribution in [2.45, 2.75) is 157 Å². The van der Waals surface area contributed by atoms with Crippen molar-refractivity contribution in [1.29, 1.82) is 0 Å². The van der Waals surface area contributed by atoms with Crippen LogP contribution in [0.25, 0.3) is 10.4 Å². The Morgan fingerprint density at radius 3 is 1.97 bits per heavy atom. The van der Waals surface area contributed by atoms with Gasteiger partial charge in [0.2, 0.25) is 12.1 Å². The number of hydroxylamine groups is 1. The fourth-order valence-corrected chi connectivity index (χ4v) is 11.1. The lowest BCUT2D eigenvalue weighted by Crippen LogP contribution is -2.64. The lowest BCUT2D eigenvalue weighted by atomic mass is 9.88. The van der Waals surface area contributed by atoms with Gasteiger partial charge in [0.1, 0.15) is 37.1 Å². The van der Waals surface area contributed by atoms with Gasteiger partial charge in [-0.2, -0.15) is 5.48 Å². The number of hydrogen-bond donors (Lipinski definition) is 1. The largest absolute Gasteiger partial charge is 0.374 e. The molecule has 4 aromatic carbocycles. The van der Waals surface area contributed by atoms with Crippen molar-refractivity contribution >= 4 is 23.2 Å². The lowest BCUT2D eigenvalue weighted by molar-refractivity contribution is -0.367. The average Bonchev–Trinajstić information content (AvgIpc) is 4.29. The molecule has 0 bridgehead atoms. The maximum Gasteiger partial charge on any atom is 0.229 e. The Bertz CT molecular complexity index is 2530. The van der Waals surface area contributed by atoms with E-state index in [1.165, 1.54) is 0 Å². The Kier molecular flexibility index (Phi) is 18.5. The third-order valence-electron chi connectivity index (χ3n) is 14.9. The molecule has 17 atom stereocenters. The number of alkyl halides is 2. The Morgan fingerprint density at radius 2 is 1.31 bits per heavy atom. The summed E-state index contributed by atoms with van der Waals surface area (Å²) in [6, 6.07) is 38.6. The predicted molar refractivity (Wildman–Crippen MR) is 277 cm³/mol. The molecule has 0 aromatic heterocycles. The van der Waals surface area contributed by atoms with E-state index in [1.54, 1.807) is 0 Å². The highest BCUT2D eigenvalue weighted by atomic mass is 35.5. The molecule has 9 unspecified atom stereocenters. The zero-order valence-corrected chi connectivity index (χ0v) is 45.2. The number of ether oxygens (including phenoxy) is 14. The Hall–Kier alpha value is -3.87. The molecule has 6 saturated heterocycles. The molecule has 4 aromatic rings. The second-order valence-corrected chi connectivity index (χ2v) is 21.9. The number of rotatable bonds is 22. The highest BCUT2D eigenvalue weighted by Crippen LogP contribution is 2.52. The maximum absolute atomic E-state index is 9.77. The molecule has 0 amide bonds. The maximum atomic E-state index is 9.77. The van der Waals surface area contributed by atoms with Gasteiger partial charge in [-0.15, -0.1) is 0 Å². The van der Waals surface area contributed by atoms with E-state index in [2.05, 4.69) is 15.5 Å². The number of benzene rings is 4. The van der Waals surface area contributed by atoms with E-state index in [0.29, 0.717) is 19.8 Å². The van der Waals surface area contributed by atoms with Crippen molar-refractivity contribution in [3.8, 4) is 0 Å². The van der Waals surface area contributed by atoms with Gasteiger partial charge in [-0.05, 0) is 48.9 Å². The van der Waals surface area contributed by atoms with Gasteiger partial charge in [0.15, 0.2) is 35.2 Å². The number of halogens is 2. The summed E-state index contributed by atoms with van der Waals surface area (Å²) < 4.78 is 93.8. The topological polar surface area (TPSA) is 199 Å². The lowest BCUT2D eigenvalue weighted by Gasteiger charge is -2.49. The van der Waals surface area contributed by atoms with Crippen LogP contribution in [0.5, 0.6) is 0 Å². The van der Waals surface area contributed by atoms with Crippen LogP contribution in [-0.4, -0.2) is 129 Å². The first-order chi connectivity index (χ1) is 37.3. The summed E-state index contributed by atoms with van der Waals surface area (Å²) in [6.45, 7) is 10.8. The summed E-state index contributed by atoms with van der Waals surface area (Å²) in [5.74, 6) is -3.57. The molecule has 6 heterocycles. The molecule has 0 saturated carbocycles. The first-order valence-electron chi connectivity index (χ1n) is 26.2. The standard InChI is InChI=1S/C56H68Cl2N4O15/c1-34-43(60-62-59)41(29-63-26-37-18-10-6-11-19-37)69-52(77-61-53(57)58)45(34)70-51-48-47(72-54(4,5)73-48)46(36(3)68-51)71-49-35(2)44(42(30-67-49)66-28-39-22-14-8-15-23-39)74-56-33-65-32-55(56,31-64-27-38-20-12-7-13-21-38)75-50(76-56)40-24-16-9-17-25-40/h6-25,34-36,41-53,61H,26-33H2,1-5H3/t34?,35?,36?,41?,42-,43+,44?,45?,46-,47?,48?,49-,50+,51-,52-,55-,56?/m0/s1. The van der Waals surface area contributed by atoms with Gasteiger partial charge in [0.25, 0.3) is 0 Å². The molecule has 0 radical (unpaired) electrons. The molecule has 6 aliphatic rings. The number of nitrogens with zero attached hydrogens (tertiary/aromatic N) is 3. The molecule has 6 aliphatic heterocycles. The zero-order valence-electron chi connectivity index (χ0n) is 43.7. The Morgan fingerprint density at radius 1 is 0.688 bits per heavy atom. The summed E-state index contributed by atoms with van der Waals surface area (Å²) in [6.07, 6.45) is -9.85. The molecular weight excluding hydrogens is 1040 g/mol. The van der Waals surface area contributed by atoms with E-state index < -0.39 is 114 Å². The van der Waals surface area contributed by atoms with E-state index in [-0.39, 0.29) is 33.0 Å². The van der Waals surface area contributed by atoms with Crippen molar-refractivity contribution < 1.29 is 71.2 Å². The third kappa shape index (κ3) is 13.0. The minimum Gasteiger partial charge on any atom is -0.374 e. The van der Waals surface area contributed by atoms with Gasteiger partial charge < -0.3 is 66.3 Å². The minimum absolute atomic E-state index is 0.0577. The minimum atomic E-state index is -1.44. The number of fused-ring (bicyclic) bond motifs is 2. The number of azide groups is 1. The van der Waals surface area contributed by atoms with Crippen LogP contribution in [0.2, 0.25) is 0 Å². The van der Waals surface area contributed by atoms with Crippen LogP contribution in [-0.2, 0) is 91.0 Å². The second-order valence-electron chi connectivity index (χ2n) is 20.8. The molecule has 21 heteroatoms. The first-order valence-corrected chi connectivity index (χ1v) is 27.1. The van der Waals surface area contributed by atoms with E-state index in [0.717, 1.165) is 22.3 Å². The highest BCUT2D eigenvalue weighted by molar-refractivity contribution is 6.43. The fourth-order valence-electron chi connectivity index (χ4n) is 11.0. The molecule has 6 fully saturated rings. The quantitative estimate of drug-likeness (QED) is 0.0195. The molecule has 1 N–H and O–H groups in total. The summed E-state index contributed by atoms with van der Waals surface area (Å²) in [7, 11) is 0. The van der Waals surface area contributed by atoms with Crippen molar-refractivity contribution in [1.82, 2.24) is 5.48 Å². The average molecular weight is 1110 g/mol. The number of nitrogens with one attached hydrogen (secondary N) is 1. The van der Waals surface area contributed by atoms with E-state index >= 15 is 0 Å². The smallest absolute Gasteiger partial charge is 0.229 e. The molecule has 19 nitrogen and oxygen atoms in total. The van der Waals surface area contributed by atoms with Crippen LogP contribution in [0.1, 0.15) is 63.2 Å². The van der Waals surface area contributed by atoms with Crippen LogP contribution in [0.15, 0.2) is 126 Å². The second kappa shape index (κ2) is 25.3. The third-order valence-corrected chi connectivity index (χ3v) is 15.0. The first kappa shape index (κ1) is 56.4. The summed E-state index contributed by atoms with van der Waals surface area (Å²) in [4.78, 5) is 7.99. The Balaban J connectivity index is 0.886. The van der Waals surface area contributed by atoms with Gasteiger partial charge in [0.05, 0.1) is 70.6 Å². The van der Waals surface area contributed by atoms with Gasteiger partial charge in [-0.1, -0.05) is 163 Å². The van der Waals surface area contributed by atoms with Crippen molar-refractivity contribution in [2.75, 3.05) is 33.0 Å². The highest BCUT2D eigenvalue weighted by Gasteiger charge is 2.69. The normalized spacial score (nSPS) is 36.5.